The molecular formula is C23H30N4O2. The molecule has 29 heavy (non-hydrogen) atoms. The lowest BCUT2D eigenvalue weighted by Gasteiger charge is -2.35. The predicted molar refractivity (Wildman–Crippen MR) is 114 cm³/mol. The molecule has 0 spiro atoms. The number of pyridine rings is 1. The summed E-state index contributed by atoms with van der Waals surface area (Å²) in [6.07, 6.45) is 3.65. The number of para-hydroxylation sites is 1. The normalized spacial score (nSPS) is 16.9. The van der Waals surface area contributed by atoms with E-state index in [1.807, 2.05) is 56.4 Å². The second-order valence-corrected chi connectivity index (χ2v) is 7.96. The van der Waals surface area contributed by atoms with Crippen LogP contribution in [0.15, 0.2) is 48.8 Å². The van der Waals surface area contributed by atoms with Crippen LogP contribution in [0.5, 0.6) is 5.75 Å². The van der Waals surface area contributed by atoms with Gasteiger partial charge in [0.1, 0.15) is 24.1 Å². The second kappa shape index (κ2) is 8.95. The maximum Gasteiger partial charge on any atom is 0.137 e. The highest BCUT2D eigenvalue weighted by atomic mass is 16.5. The van der Waals surface area contributed by atoms with E-state index in [0.29, 0.717) is 13.2 Å². The van der Waals surface area contributed by atoms with E-state index in [2.05, 4.69) is 20.4 Å². The summed E-state index contributed by atoms with van der Waals surface area (Å²) < 4.78 is 7.97. The Labute approximate surface area is 172 Å². The average molecular weight is 395 g/mol. The van der Waals surface area contributed by atoms with Crippen molar-refractivity contribution in [1.29, 1.82) is 0 Å². The molecule has 0 amide bonds. The number of ether oxygens (including phenoxy) is 1. The number of aliphatic hydroxyl groups excluding tert-OH is 1. The van der Waals surface area contributed by atoms with Gasteiger partial charge in [-0.1, -0.05) is 24.3 Å². The van der Waals surface area contributed by atoms with Gasteiger partial charge < -0.3 is 14.2 Å². The number of β-amino-alcohol motifs (C(OH)–C–C–N with tert-alkyl or cyclic N) is 1. The SMILES string of the molecule is Cc1cccc(C)c1OCC(O)CN1CCN(Cc2cn3ccccc3n2)CC1. The van der Waals surface area contributed by atoms with Crippen LogP contribution in [0.1, 0.15) is 16.8 Å². The lowest BCUT2D eigenvalue weighted by Crippen LogP contribution is -2.48. The topological polar surface area (TPSA) is 53.2 Å². The van der Waals surface area contributed by atoms with Crippen LogP contribution < -0.4 is 4.74 Å². The lowest BCUT2D eigenvalue weighted by atomic mass is 10.1. The van der Waals surface area contributed by atoms with E-state index in [1.165, 1.54) is 0 Å². The Balaban J connectivity index is 1.22. The van der Waals surface area contributed by atoms with Gasteiger partial charge in [-0.25, -0.2) is 4.98 Å². The van der Waals surface area contributed by atoms with Crippen molar-refractivity contribution in [2.24, 2.45) is 0 Å². The van der Waals surface area contributed by atoms with Crippen molar-refractivity contribution in [3.8, 4) is 5.75 Å². The third-order valence-corrected chi connectivity index (χ3v) is 5.56. The van der Waals surface area contributed by atoms with Crippen molar-refractivity contribution in [3.63, 3.8) is 0 Å². The first-order valence-electron chi connectivity index (χ1n) is 10.3. The summed E-state index contributed by atoms with van der Waals surface area (Å²) in [6, 6.07) is 12.2. The van der Waals surface area contributed by atoms with Gasteiger partial charge in [-0.05, 0) is 37.1 Å². The zero-order chi connectivity index (χ0) is 20.2. The van der Waals surface area contributed by atoms with Crippen molar-refractivity contribution in [2.45, 2.75) is 26.5 Å². The minimum absolute atomic E-state index is 0.327. The maximum atomic E-state index is 10.4. The van der Waals surface area contributed by atoms with Gasteiger partial charge in [-0.15, -0.1) is 0 Å². The number of benzene rings is 1. The molecule has 1 saturated heterocycles. The first-order valence-corrected chi connectivity index (χ1v) is 10.3. The molecule has 1 N–H and O–H groups in total. The fourth-order valence-electron chi connectivity index (χ4n) is 3.98. The van der Waals surface area contributed by atoms with Crippen LogP contribution in [0.4, 0.5) is 0 Å². The summed E-state index contributed by atoms with van der Waals surface area (Å²) in [5.41, 5.74) is 4.32. The molecule has 1 fully saturated rings. The highest BCUT2D eigenvalue weighted by Gasteiger charge is 2.20. The molecule has 6 nitrogen and oxygen atoms in total. The van der Waals surface area contributed by atoms with Crippen molar-refractivity contribution in [3.05, 3.63) is 65.6 Å². The number of aryl methyl sites for hydroxylation is 2. The molecule has 0 bridgehead atoms. The molecular weight excluding hydrogens is 364 g/mol. The molecule has 0 aliphatic carbocycles. The van der Waals surface area contributed by atoms with Crippen molar-refractivity contribution in [2.75, 3.05) is 39.3 Å². The lowest BCUT2D eigenvalue weighted by molar-refractivity contribution is 0.0441. The molecule has 0 saturated carbocycles. The standard InChI is InChI=1S/C23H30N4O2/c1-18-6-5-7-19(2)23(18)29-17-21(28)16-26-12-10-25(11-13-26)14-20-15-27-9-4-3-8-22(27)24-20/h3-9,15,21,28H,10-14,16-17H2,1-2H3. The number of piperazine rings is 1. The monoisotopic (exact) mass is 394 g/mol. The van der Waals surface area contributed by atoms with E-state index in [9.17, 15) is 5.11 Å². The number of aliphatic hydroxyl groups is 1. The molecule has 154 valence electrons. The van der Waals surface area contributed by atoms with Gasteiger partial charge in [-0.3, -0.25) is 9.80 Å². The van der Waals surface area contributed by atoms with Crippen LogP contribution in [0, 0.1) is 13.8 Å². The number of imidazole rings is 1. The number of rotatable bonds is 7. The van der Waals surface area contributed by atoms with Crippen LogP contribution in [-0.4, -0.2) is 69.7 Å². The van der Waals surface area contributed by atoms with Gasteiger partial charge in [0, 0.05) is 51.7 Å². The molecule has 6 heteroatoms. The predicted octanol–water partition coefficient (Wildman–Crippen LogP) is 2.51. The van der Waals surface area contributed by atoms with Gasteiger partial charge in [-0.2, -0.15) is 0 Å². The fourth-order valence-corrected chi connectivity index (χ4v) is 3.98. The van der Waals surface area contributed by atoms with Crippen molar-refractivity contribution in [1.82, 2.24) is 19.2 Å². The number of fused-ring (bicyclic) bond motifs is 1. The van der Waals surface area contributed by atoms with E-state index in [-0.39, 0.29) is 0 Å². The fraction of sp³-hybridized carbons (Fsp3) is 0.435. The number of nitrogens with zero attached hydrogens (tertiary/aromatic N) is 4. The zero-order valence-corrected chi connectivity index (χ0v) is 17.3. The van der Waals surface area contributed by atoms with Gasteiger partial charge in [0.2, 0.25) is 0 Å². The molecule has 4 rings (SSSR count). The minimum Gasteiger partial charge on any atom is -0.490 e. The zero-order valence-electron chi connectivity index (χ0n) is 17.3. The van der Waals surface area contributed by atoms with Gasteiger partial charge in [0.15, 0.2) is 0 Å². The van der Waals surface area contributed by atoms with E-state index in [0.717, 1.165) is 60.9 Å². The summed E-state index contributed by atoms with van der Waals surface area (Å²) in [5, 5.41) is 10.4. The van der Waals surface area contributed by atoms with Crippen LogP contribution in [0.2, 0.25) is 0 Å². The number of aromatic nitrogens is 2. The maximum absolute atomic E-state index is 10.4. The Morgan fingerprint density at radius 1 is 1.00 bits per heavy atom. The van der Waals surface area contributed by atoms with Crippen LogP contribution >= 0.6 is 0 Å². The molecule has 1 aliphatic rings. The smallest absolute Gasteiger partial charge is 0.137 e. The molecule has 1 atom stereocenters. The highest BCUT2D eigenvalue weighted by molar-refractivity contribution is 5.40. The second-order valence-electron chi connectivity index (χ2n) is 7.96. The van der Waals surface area contributed by atoms with Crippen molar-refractivity contribution >= 4 is 5.65 Å². The van der Waals surface area contributed by atoms with Crippen molar-refractivity contribution < 1.29 is 9.84 Å². The van der Waals surface area contributed by atoms with E-state index in [4.69, 9.17) is 9.72 Å². The highest BCUT2D eigenvalue weighted by Crippen LogP contribution is 2.22. The molecule has 1 aromatic carbocycles. The Hall–Kier alpha value is -2.41. The van der Waals surface area contributed by atoms with E-state index < -0.39 is 6.10 Å². The summed E-state index contributed by atoms with van der Waals surface area (Å²) in [5.74, 6) is 0.892. The molecule has 0 radical (unpaired) electrons. The van der Waals surface area contributed by atoms with Gasteiger partial charge in [0.25, 0.3) is 0 Å². The molecule has 1 unspecified atom stereocenters. The van der Waals surface area contributed by atoms with Crippen LogP contribution in [0.3, 0.4) is 0 Å². The van der Waals surface area contributed by atoms with Crippen LogP contribution in [0.25, 0.3) is 5.65 Å². The Bertz CT molecular complexity index is 894. The summed E-state index contributed by atoms with van der Waals surface area (Å²) in [7, 11) is 0. The third kappa shape index (κ3) is 4.96. The summed E-state index contributed by atoms with van der Waals surface area (Å²) in [6.45, 7) is 9.79. The van der Waals surface area contributed by atoms with Gasteiger partial charge in [0.05, 0.1) is 5.69 Å². The largest absolute Gasteiger partial charge is 0.490 e. The average Bonchev–Trinajstić information content (AvgIpc) is 3.11. The molecule has 3 heterocycles. The molecule has 1 aliphatic heterocycles. The summed E-state index contributed by atoms with van der Waals surface area (Å²) >= 11 is 0. The first-order chi connectivity index (χ1) is 14.1. The van der Waals surface area contributed by atoms with E-state index >= 15 is 0 Å². The Morgan fingerprint density at radius 3 is 2.45 bits per heavy atom. The van der Waals surface area contributed by atoms with Gasteiger partial charge >= 0.3 is 0 Å². The summed E-state index contributed by atoms with van der Waals surface area (Å²) in [4.78, 5) is 9.44. The third-order valence-electron chi connectivity index (χ3n) is 5.56. The molecule has 3 aromatic rings. The number of hydrogen-bond acceptors (Lipinski definition) is 5. The van der Waals surface area contributed by atoms with Crippen LogP contribution in [-0.2, 0) is 6.54 Å². The Kier molecular flexibility index (Phi) is 6.13. The Morgan fingerprint density at radius 2 is 1.72 bits per heavy atom. The van der Waals surface area contributed by atoms with E-state index in [1.54, 1.807) is 0 Å². The number of hydrogen-bond donors (Lipinski definition) is 1. The quantitative estimate of drug-likeness (QED) is 0.667. The molecule has 2 aromatic heterocycles. The minimum atomic E-state index is -0.487. The first kappa shape index (κ1) is 19.9.